The maximum Gasteiger partial charge on any atom is 0.371 e. The number of hydrogen-bond acceptors (Lipinski definition) is 7. The van der Waals surface area contributed by atoms with Crippen molar-refractivity contribution in [2.24, 2.45) is 5.10 Å². The van der Waals surface area contributed by atoms with Gasteiger partial charge in [0.1, 0.15) is 11.3 Å². The topological polar surface area (TPSA) is 153 Å². The number of carboxylic acids is 1. The zero-order chi connectivity index (χ0) is 24.5. The molecule has 0 aliphatic carbocycles. The summed E-state index contributed by atoms with van der Waals surface area (Å²) >= 11 is 0. The molecule has 5 aromatic rings. The van der Waals surface area contributed by atoms with E-state index in [1.54, 1.807) is 6.07 Å². The van der Waals surface area contributed by atoms with Crippen LogP contribution in [0.1, 0.15) is 32.4 Å². The van der Waals surface area contributed by atoms with Crippen molar-refractivity contribution in [1.29, 1.82) is 0 Å². The lowest BCUT2D eigenvalue weighted by Crippen LogP contribution is -2.16. The summed E-state index contributed by atoms with van der Waals surface area (Å²) in [6.45, 7) is 0.305. The molecule has 0 radical (unpaired) electrons. The fraction of sp³-hybridized carbons (Fsp3) is 0.0417. The molecule has 0 aliphatic heterocycles. The number of non-ortho nitro benzene ring substituents is 1. The number of hydrogen-bond donors (Lipinski definition) is 2. The van der Waals surface area contributed by atoms with E-state index in [0.717, 1.165) is 10.9 Å². The van der Waals surface area contributed by atoms with Crippen molar-refractivity contribution in [1.82, 2.24) is 9.99 Å². The second kappa shape index (κ2) is 8.63. The van der Waals surface area contributed by atoms with Gasteiger partial charge in [-0.1, -0.05) is 18.2 Å². The summed E-state index contributed by atoms with van der Waals surface area (Å²) in [6, 6.07) is 16.0. The number of nitro benzene ring substituents is 1. The Morgan fingerprint density at radius 2 is 1.91 bits per heavy atom. The Morgan fingerprint density at radius 3 is 2.69 bits per heavy atom. The van der Waals surface area contributed by atoms with Crippen molar-refractivity contribution in [3.05, 3.63) is 99.8 Å². The number of hydrazone groups is 1. The van der Waals surface area contributed by atoms with E-state index in [2.05, 4.69) is 10.5 Å². The van der Waals surface area contributed by atoms with Gasteiger partial charge in [0.25, 0.3) is 5.69 Å². The number of carbonyl (C=O) groups excluding carboxylic acids is 1. The average Bonchev–Trinajstić information content (AvgIpc) is 3.56. The molecule has 0 aliphatic rings. The predicted octanol–water partition coefficient (Wildman–Crippen LogP) is 4.40. The minimum absolute atomic E-state index is 0.0351. The summed E-state index contributed by atoms with van der Waals surface area (Å²) < 4.78 is 12.7. The monoisotopic (exact) mass is 472 g/mol. The number of para-hydroxylation sites is 1. The van der Waals surface area contributed by atoms with Crippen LogP contribution in [0.3, 0.4) is 0 Å². The minimum Gasteiger partial charge on any atom is -0.475 e. The third-order valence-electron chi connectivity index (χ3n) is 5.32. The highest BCUT2D eigenvalue weighted by atomic mass is 16.6. The van der Waals surface area contributed by atoms with Crippen molar-refractivity contribution >= 4 is 45.7 Å². The highest BCUT2D eigenvalue weighted by molar-refractivity contribution is 6.01. The van der Waals surface area contributed by atoms with Crippen LogP contribution in [0, 0.1) is 10.1 Å². The third kappa shape index (κ3) is 4.25. The first-order chi connectivity index (χ1) is 16.9. The summed E-state index contributed by atoms with van der Waals surface area (Å²) in [4.78, 5) is 33.9. The Labute approximate surface area is 196 Å². The SMILES string of the molecule is O=C(O)c1ccc(Cn2cc(/C=N\NC(=O)c3cc4cc([N+](=O)[O-])ccc4o3)c3ccccc32)o1. The molecule has 174 valence electrons. The molecule has 0 atom stereocenters. The van der Waals surface area contributed by atoms with Gasteiger partial charge in [0.05, 0.1) is 17.7 Å². The zero-order valence-electron chi connectivity index (χ0n) is 17.9. The molecule has 1 amide bonds. The molecule has 3 heterocycles. The highest BCUT2D eigenvalue weighted by Gasteiger charge is 2.15. The molecule has 3 aromatic heterocycles. The lowest BCUT2D eigenvalue weighted by Gasteiger charge is -2.02. The van der Waals surface area contributed by atoms with Crippen molar-refractivity contribution < 1.29 is 28.5 Å². The van der Waals surface area contributed by atoms with Gasteiger partial charge in [0.2, 0.25) is 5.76 Å². The van der Waals surface area contributed by atoms with Crippen LogP contribution in [0.5, 0.6) is 0 Å². The van der Waals surface area contributed by atoms with Gasteiger partial charge in [-0.2, -0.15) is 5.10 Å². The number of carbonyl (C=O) groups is 2. The number of nitrogens with zero attached hydrogens (tertiary/aromatic N) is 3. The highest BCUT2D eigenvalue weighted by Crippen LogP contribution is 2.25. The summed E-state index contributed by atoms with van der Waals surface area (Å²) in [7, 11) is 0. The molecule has 2 aromatic carbocycles. The first-order valence-corrected chi connectivity index (χ1v) is 10.3. The van der Waals surface area contributed by atoms with Gasteiger partial charge < -0.3 is 18.5 Å². The number of rotatable bonds is 7. The molecule has 5 rings (SSSR count). The lowest BCUT2D eigenvalue weighted by atomic mass is 10.2. The van der Waals surface area contributed by atoms with Crippen LogP contribution >= 0.6 is 0 Å². The van der Waals surface area contributed by atoms with Crippen LogP contribution in [0.15, 0.2) is 80.8 Å². The maximum atomic E-state index is 12.5. The fourth-order valence-electron chi connectivity index (χ4n) is 3.73. The Kier molecular flexibility index (Phi) is 5.34. The van der Waals surface area contributed by atoms with Gasteiger partial charge in [0, 0.05) is 40.2 Å². The molecular weight excluding hydrogens is 456 g/mol. The molecule has 0 saturated heterocycles. The van der Waals surface area contributed by atoms with Crippen LogP contribution in [0.4, 0.5) is 5.69 Å². The quantitative estimate of drug-likeness (QED) is 0.202. The van der Waals surface area contributed by atoms with Crippen molar-refractivity contribution in [2.75, 3.05) is 0 Å². The first kappa shape index (κ1) is 21.6. The van der Waals surface area contributed by atoms with Gasteiger partial charge >= 0.3 is 11.9 Å². The number of amides is 1. The minimum atomic E-state index is -1.14. The summed E-state index contributed by atoms with van der Waals surface area (Å²) in [6.07, 6.45) is 3.29. The largest absolute Gasteiger partial charge is 0.475 e. The van der Waals surface area contributed by atoms with E-state index in [1.165, 1.54) is 36.5 Å². The van der Waals surface area contributed by atoms with E-state index in [-0.39, 0.29) is 17.2 Å². The van der Waals surface area contributed by atoms with E-state index >= 15 is 0 Å². The van der Waals surface area contributed by atoms with Gasteiger partial charge in [0.15, 0.2) is 5.76 Å². The van der Waals surface area contributed by atoms with E-state index in [1.807, 2.05) is 35.0 Å². The number of fused-ring (bicyclic) bond motifs is 2. The summed E-state index contributed by atoms with van der Waals surface area (Å²) in [5, 5.41) is 25.3. The van der Waals surface area contributed by atoms with Crippen molar-refractivity contribution in [3.8, 4) is 0 Å². The number of carboxylic acid groups (broad SMARTS) is 1. The maximum absolute atomic E-state index is 12.5. The molecule has 0 fully saturated rings. The second-order valence-corrected chi connectivity index (χ2v) is 7.59. The smallest absolute Gasteiger partial charge is 0.371 e. The van der Waals surface area contributed by atoms with E-state index in [4.69, 9.17) is 13.9 Å². The van der Waals surface area contributed by atoms with Gasteiger partial charge in [-0.3, -0.25) is 14.9 Å². The van der Waals surface area contributed by atoms with Crippen LogP contribution in [0.25, 0.3) is 21.9 Å². The molecule has 0 saturated carbocycles. The lowest BCUT2D eigenvalue weighted by molar-refractivity contribution is -0.384. The predicted molar refractivity (Wildman–Crippen MR) is 125 cm³/mol. The standard InChI is InChI=1S/C24H16N4O7/c29-23(22-10-14-9-16(28(32)33)5-7-20(14)35-22)26-25-11-15-12-27(19-4-2-1-3-18(15)19)13-17-6-8-21(34-17)24(30)31/h1-12H,13H2,(H,26,29)(H,30,31)/b25-11-. The molecule has 0 spiro atoms. The molecule has 11 heteroatoms. The van der Waals surface area contributed by atoms with Crippen molar-refractivity contribution in [3.63, 3.8) is 0 Å². The van der Waals surface area contributed by atoms with E-state index < -0.39 is 16.8 Å². The number of nitrogens with one attached hydrogen (secondary N) is 1. The summed E-state index contributed by atoms with van der Waals surface area (Å²) in [5.41, 5.74) is 4.22. The van der Waals surface area contributed by atoms with Gasteiger partial charge in [-0.15, -0.1) is 0 Å². The van der Waals surface area contributed by atoms with Crippen molar-refractivity contribution in [2.45, 2.75) is 6.54 Å². The molecule has 2 N–H and O–H groups in total. The average molecular weight is 472 g/mol. The fourth-order valence-corrected chi connectivity index (χ4v) is 3.73. The number of furan rings is 2. The van der Waals surface area contributed by atoms with Crippen LogP contribution in [0.2, 0.25) is 0 Å². The van der Waals surface area contributed by atoms with Crippen LogP contribution in [-0.2, 0) is 6.54 Å². The Morgan fingerprint density at radius 1 is 1.09 bits per heavy atom. The van der Waals surface area contributed by atoms with Gasteiger partial charge in [-0.25, -0.2) is 10.2 Å². The van der Waals surface area contributed by atoms with Gasteiger partial charge in [-0.05, 0) is 30.3 Å². The molecule has 0 bridgehead atoms. The Hall–Kier alpha value is -5.19. The number of aromatic nitrogens is 1. The van der Waals surface area contributed by atoms with Crippen LogP contribution in [-0.4, -0.2) is 32.7 Å². The van der Waals surface area contributed by atoms with E-state index in [0.29, 0.717) is 28.8 Å². The molecule has 11 nitrogen and oxygen atoms in total. The number of aromatic carboxylic acids is 1. The molecule has 0 unspecified atom stereocenters. The number of benzene rings is 2. The number of nitro groups is 1. The van der Waals surface area contributed by atoms with Crippen LogP contribution < -0.4 is 5.43 Å². The second-order valence-electron chi connectivity index (χ2n) is 7.59. The normalized spacial score (nSPS) is 11.4. The molecule has 35 heavy (non-hydrogen) atoms. The Balaban J connectivity index is 1.35. The molecular formula is C24H16N4O7. The van der Waals surface area contributed by atoms with E-state index in [9.17, 15) is 19.7 Å². The third-order valence-corrected chi connectivity index (χ3v) is 5.32. The summed E-state index contributed by atoms with van der Waals surface area (Å²) in [5.74, 6) is -1.45. The first-order valence-electron chi connectivity index (χ1n) is 10.3. The Bertz CT molecular complexity index is 1640. The zero-order valence-corrected chi connectivity index (χ0v) is 17.9.